The molecule has 0 aromatic heterocycles. The fourth-order valence-corrected chi connectivity index (χ4v) is 1.28. The number of benzene rings is 1. The van der Waals surface area contributed by atoms with Gasteiger partial charge < -0.3 is 15.5 Å². The summed E-state index contributed by atoms with van der Waals surface area (Å²) >= 11 is 5.92. The number of rotatable bonds is 5. The highest BCUT2D eigenvalue weighted by atomic mass is 35.5. The molecule has 0 aliphatic carbocycles. The predicted molar refractivity (Wildman–Crippen MR) is 56.3 cm³/mol. The fraction of sp³-hybridized carbons (Fsp3) is 0.400. The summed E-state index contributed by atoms with van der Waals surface area (Å²) in [6, 6.07) is 7.52. The number of aliphatic hydroxyl groups is 2. The van der Waals surface area contributed by atoms with Gasteiger partial charge in [-0.2, -0.15) is 0 Å². The van der Waals surface area contributed by atoms with Gasteiger partial charge in [-0.1, -0.05) is 29.8 Å². The van der Waals surface area contributed by atoms with Crippen molar-refractivity contribution in [2.75, 3.05) is 13.2 Å². The quantitative estimate of drug-likeness (QED) is 0.681. The molecule has 0 bridgehead atoms. The zero-order chi connectivity index (χ0) is 10.4. The van der Waals surface area contributed by atoms with Crippen molar-refractivity contribution in [3.8, 4) is 0 Å². The first-order valence-electron chi connectivity index (χ1n) is 4.47. The highest BCUT2D eigenvalue weighted by Gasteiger charge is 2.02. The summed E-state index contributed by atoms with van der Waals surface area (Å²) < 4.78 is 0. The van der Waals surface area contributed by atoms with E-state index in [1.807, 2.05) is 24.3 Å². The first-order valence-corrected chi connectivity index (χ1v) is 4.85. The van der Waals surface area contributed by atoms with Crippen LogP contribution < -0.4 is 5.32 Å². The Morgan fingerprint density at radius 1 is 1.36 bits per heavy atom. The molecule has 0 saturated heterocycles. The van der Waals surface area contributed by atoms with Gasteiger partial charge >= 0.3 is 0 Å². The molecule has 0 aliphatic heterocycles. The smallest absolute Gasteiger partial charge is 0.0895 e. The molecule has 0 amide bonds. The largest absolute Gasteiger partial charge is 0.394 e. The van der Waals surface area contributed by atoms with Crippen LogP contribution in [0.2, 0.25) is 5.02 Å². The maximum Gasteiger partial charge on any atom is 0.0895 e. The van der Waals surface area contributed by atoms with Crippen LogP contribution in [0, 0.1) is 0 Å². The molecule has 1 atom stereocenters. The van der Waals surface area contributed by atoms with Crippen molar-refractivity contribution in [1.82, 2.24) is 5.32 Å². The lowest BCUT2D eigenvalue weighted by Gasteiger charge is -2.09. The van der Waals surface area contributed by atoms with Gasteiger partial charge in [-0.3, -0.25) is 0 Å². The molecule has 14 heavy (non-hydrogen) atoms. The topological polar surface area (TPSA) is 52.5 Å². The second-order valence-corrected chi connectivity index (χ2v) is 3.47. The Balaban J connectivity index is 2.35. The van der Waals surface area contributed by atoms with Crippen molar-refractivity contribution >= 4 is 11.6 Å². The molecule has 0 heterocycles. The third-order valence-corrected chi connectivity index (χ3v) is 2.23. The number of aliphatic hydroxyl groups excluding tert-OH is 2. The van der Waals surface area contributed by atoms with Gasteiger partial charge in [0.2, 0.25) is 0 Å². The molecule has 0 spiro atoms. The summed E-state index contributed by atoms with van der Waals surface area (Å²) in [7, 11) is 0. The van der Waals surface area contributed by atoms with Gasteiger partial charge in [0.25, 0.3) is 0 Å². The third kappa shape index (κ3) is 3.64. The average molecular weight is 216 g/mol. The predicted octanol–water partition coefficient (Wildman–Crippen LogP) is 0.783. The monoisotopic (exact) mass is 215 g/mol. The van der Waals surface area contributed by atoms with E-state index in [2.05, 4.69) is 5.32 Å². The first kappa shape index (κ1) is 11.5. The van der Waals surface area contributed by atoms with E-state index in [1.54, 1.807) is 0 Å². The highest BCUT2D eigenvalue weighted by molar-refractivity contribution is 6.31. The minimum atomic E-state index is -0.711. The average Bonchev–Trinajstić information content (AvgIpc) is 2.20. The lowest BCUT2D eigenvalue weighted by Crippen LogP contribution is -2.28. The van der Waals surface area contributed by atoms with Gasteiger partial charge in [-0.15, -0.1) is 0 Å². The third-order valence-electron chi connectivity index (χ3n) is 1.86. The van der Waals surface area contributed by atoms with Crippen molar-refractivity contribution in [1.29, 1.82) is 0 Å². The van der Waals surface area contributed by atoms with Gasteiger partial charge in [-0.05, 0) is 11.6 Å². The highest BCUT2D eigenvalue weighted by Crippen LogP contribution is 2.13. The van der Waals surface area contributed by atoms with Gasteiger partial charge in [0.05, 0.1) is 12.7 Å². The summed E-state index contributed by atoms with van der Waals surface area (Å²) in [5.41, 5.74) is 0.985. The molecular formula is C10H14ClNO2. The van der Waals surface area contributed by atoms with Crippen LogP contribution in [0.25, 0.3) is 0 Å². The van der Waals surface area contributed by atoms with Crippen molar-refractivity contribution in [3.05, 3.63) is 34.9 Å². The Morgan fingerprint density at radius 3 is 2.71 bits per heavy atom. The Hall–Kier alpha value is -0.610. The summed E-state index contributed by atoms with van der Waals surface area (Å²) in [6.45, 7) is 0.730. The Kier molecular flexibility index (Phi) is 4.90. The molecule has 0 aliphatic rings. The van der Waals surface area contributed by atoms with Crippen molar-refractivity contribution < 1.29 is 10.2 Å². The van der Waals surface area contributed by atoms with Crippen LogP contribution in [-0.2, 0) is 6.54 Å². The summed E-state index contributed by atoms with van der Waals surface area (Å²) in [5.74, 6) is 0. The van der Waals surface area contributed by atoms with Gasteiger partial charge in [0, 0.05) is 18.1 Å². The van der Waals surface area contributed by atoms with E-state index in [0.717, 1.165) is 5.56 Å². The Morgan fingerprint density at radius 2 is 2.07 bits per heavy atom. The number of hydrogen-bond acceptors (Lipinski definition) is 3. The molecule has 0 saturated carbocycles. The molecule has 1 unspecified atom stereocenters. The molecule has 1 aromatic carbocycles. The van der Waals surface area contributed by atoms with Crippen LogP contribution in [0.4, 0.5) is 0 Å². The van der Waals surface area contributed by atoms with E-state index >= 15 is 0 Å². The molecule has 3 nitrogen and oxygen atoms in total. The van der Waals surface area contributed by atoms with Gasteiger partial charge in [-0.25, -0.2) is 0 Å². The maximum atomic E-state index is 9.06. The second-order valence-electron chi connectivity index (χ2n) is 3.06. The van der Waals surface area contributed by atoms with Gasteiger partial charge in [0.1, 0.15) is 0 Å². The molecule has 0 fully saturated rings. The van der Waals surface area contributed by atoms with Crippen molar-refractivity contribution in [2.24, 2.45) is 0 Å². The van der Waals surface area contributed by atoms with Crippen LogP contribution in [0.15, 0.2) is 24.3 Å². The van der Waals surface area contributed by atoms with E-state index in [-0.39, 0.29) is 6.61 Å². The van der Waals surface area contributed by atoms with Crippen LogP contribution in [0.1, 0.15) is 5.56 Å². The number of halogens is 1. The van der Waals surface area contributed by atoms with E-state index in [1.165, 1.54) is 0 Å². The molecule has 3 N–H and O–H groups in total. The van der Waals surface area contributed by atoms with Crippen LogP contribution in [-0.4, -0.2) is 29.5 Å². The standard InChI is InChI=1S/C10H14ClNO2/c11-10-4-2-1-3-8(10)5-12-6-9(14)7-13/h1-4,9,12-14H,5-7H2. The normalized spacial score (nSPS) is 12.8. The Bertz CT molecular complexity index is 281. The molecular weight excluding hydrogens is 202 g/mol. The first-order chi connectivity index (χ1) is 6.74. The number of nitrogens with one attached hydrogen (secondary N) is 1. The second kappa shape index (κ2) is 5.98. The lowest BCUT2D eigenvalue weighted by atomic mass is 10.2. The summed E-state index contributed by atoms with van der Waals surface area (Å²) in [4.78, 5) is 0. The van der Waals surface area contributed by atoms with Crippen LogP contribution >= 0.6 is 11.6 Å². The molecule has 4 heteroatoms. The Labute approximate surface area is 88.3 Å². The van der Waals surface area contributed by atoms with Gasteiger partial charge in [0.15, 0.2) is 0 Å². The van der Waals surface area contributed by atoms with E-state index < -0.39 is 6.10 Å². The van der Waals surface area contributed by atoms with E-state index in [0.29, 0.717) is 18.1 Å². The minimum absolute atomic E-state index is 0.227. The molecule has 0 radical (unpaired) electrons. The van der Waals surface area contributed by atoms with E-state index in [9.17, 15) is 0 Å². The summed E-state index contributed by atoms with van der Waals surface area (Å²) in [5, 5.41) is 21.3. The lowest BCUT2D eigenvalue weighted by molar-refractivity contribution is 0.0942. The SMILES string of the molecule is OCC(O)CNCc1ccccc1Cl. The van der Waals surface area contributed by atoms with Crippen LogP contribution in [0.3, 0.4) is 0 Å². The zero-order valence-electron chi connectivity index (χ0n) is 7.78. The molecule has 78 valence electrons. The van der Waals surface area contributed by atoms with Crippen molar-refractivity contribution in [3.63, 3.8) is 0 Å². The fourth-order valence-electron chi connectivity index (χ4n) is 1.08. The molecule has 1 rings (SSSR count). The zero-order valence-corrected chi connectivity index (χ0v) is 8.54. The number of hydrogen-bond donors (Lipinski definition) is 3. The summed E-state index contributed by atoms with van der Waals surface area (Å²) in [6.07, 6.45) is -0.711. The van der Waals surface area contributed by atoms with Crippen molar-refractivity contribution in [2.45, 2.75) is 12.6 Å². The van der Waals surface area contributed by atoms with Crippen LogP contribution in [0.5, 0.6) is 0 Å². The molecule has 1 aromatic rings. The maximum absolute atomic E-state index is 9.06. The van der Waals surface area contributed by atoms with E-state index in [4.69, 9.17) is 21.8 Å². The minimum Gasteiger partial charge on any atom is -0.394 e.